The molecule has 8 nitrogen and oxygen atoms in total. The number of carbonyl (C=O) groups is 2. The maximum atomic E-state index is 13.2. The number of nitrogens with zero attached hydrogens (tertiary/aromatic N) is 4. The van der Waals surface area contributed by atoms with Crippen LogP contribution in [0.1, 0.15) is 63.1 Å². The van der Waals surface area contributed by atoms with Crippen LogP contribution in [0.5, 0.6) is 5.88 Å². The average molecular weight is 446 g/mol. The predicted molar refractivity (Wildman–Crippen MR) is 123 cm³/mol. The maximum Gasteiger partial charge on any atom is 0.256 e. The number of methoxy groups -OCH3 is 1. The quantitative estimate of drug-likeness (QED) is 0.624. The summed E-state index contributed by atoms with van der Waals surface area (Å²) in [6.45, 7) is 2.85. The fourth-order valence-electron chi connectivity index (χ4n) is 3.98. The maximum absolute atomic E-state index is 13.2. The molecule has 1 aliphatic heterocycles. The Morgan fingerprint density at radius 3 is 2.61 bits per heavy atom. The van der Waals surface area contributed by atoms with Gasteiger partial charge >= 0.3 is 0 Å². The SMILES string of the molecule is COc1ccc(C(=O)N2CCCCC2c2ncc(C(=O)NCc3ccccc3)c(C)n2)cn1. The van der Waals surface area contributed by atoms with Crippen molar-refractivity contribution in [2.45, 2.75) is 38.8 Å². The zero-order chi connectivity index (χ0) is 23.2. The normalized spacial score (nSPS) is 15.7. The Morgan fingerprint density at radius 2 is 1.91 bits per heavy atom. The Kier molecular flexibility index (Phi) is 6.92. The van der Waals surface area contributed by atoms with Crippen LogP contribution in [0.25, 0.3) is 0 Å². The van der Waals surface area contributed by atoms with E-state index in [2.05, 4.69) is 20.3 Å². The van der Waals surface area contributed by atoms with E-state index in [1.807, 2.05) is 30.3 Å². The molecule has 1 aromatic carbocycles. The van der Waals surface area contributed by atoms with Crippen molar-refractivity contribution in [2.75, 3.05) is 13.7 Å². The fourth-order valence-corrected chi connectivity index (χ4v) is 3.98. The van der Waals surface area contributed by atoms with Crippen molar-refractivity contribution in [3.8, 4) is 5.88 Å². The second kappa shape index (κ2) is 10.2. The van der Waals surface area contributed by atoms with Gasteiger partial charge in [-0.25, -0.2) is 15.0 Å². The molecule has 1 saturated heterocycles. The number of carbonyl (C=O) groups excluding carboxylic acids is 2. The standard InChI is InChI=1S/C25H27N5O3/c1-17-20(24(31)28-14-18-8-4-3-5-9-18)16-27-23(29-17)21-10-6-7-13-30(21)25(32)19-11-12-22(33-2)26-15-19/h3-5,8-9,11-12,15-16,21H,6-7,10,13-14H2,1-2H3,(H,28,31). The van der Waals surface area contributed by atoms with E-state index in [1.165, 1.54) is 13.3 Å². The summed E-state index contributed by atoms with van der Waals surface area (Å²) in [5.74, 6) is 0.688. The third kappa shape index (κ3) is 5.16. The summed E-state index contributed by atoms with van der Waals surface area (Å²) >= 11 is 0. The first kappa shape index (κ1) is 22.4. The Balaban J connectivity index is 1.49. The van der Waals surface area contributed by atoms with Gasteiger partial charge in [-0.05, 0) is 37.8 Å². The molecule has 1 atom stereocenters. The first-order chi connectivity index (χ1) is 16.1. The van der Waals surface area contributed by atoms with Gasteiger partial charge in [0, 0.05) is 31.5 Å². The van der Waals surface area contributed by atoms with Crippen LogP contribution in [0, 0.1) is 6.92 Å². The number of aromatic nitrogens is 3. The summed E-state index contributed by atoms with van der Waals surface area (Å²) in [4.78, 5) is 40.9. The van der Waals surface area contributed by atoms with Crippen LogP contribution in [-0.4, -0.2) is 45.3 Å². The summed E-state index contributed by atoms with van der Waals surface area (Å²) in [7, 11) is 1.54. The zero-order valence-electron chi connectivity index (χ0n) is 18.8. The summed E-state index contributed by atoms with van der Waals surface area (Å²) < 4.78 is 5.08. The highest BCUT2D eigenvalue weighted by Crippen LogP contribution is 2.30. The summed E-state index contributed by atoms with van der Waals surface area (Å²) in [6, 6.07) is 12.9. The molecule has 0 radical (unpaired) electrons. The molecule has 3 aromatic rings. The number of hydrogen-bond acceptors (Lipinski definition) is 6. The molecule has 2 amide bonds. The van der Waals surface area contributed by atoms with Crippen LogP contribution in [-0.2, 0) is 6.54 Å². The number of likely N-dealkylation sites (tertiary alicyclic amines) is 1. The molecule has 1 fully saturated rings. The zero-order valence-corrected chi connectivity index (χ0v) is 18.8. The Hall–Kier alpha value is -3.81. The first-order valence-electron chi connectivity index (χ1n) is 11.0. The van der Waals surface area contributed by atoms with Crippen LogP contribution < -0.4 is 10.1 Å². The molecule has 2 aromatic heterocycles. The minimum absolute atomic E-state index is 0.110. The third-order valence-corrected chi connectivity index (χ3v) is 5.79. The molecule has 0 saturated carbocycles. The number of amides is 2. The molecular formula is C25H27N5O3. The lowest BCUT2D eigenvalue weighted by Gasteiger charge is -2.35. The highest BCUT2D eigenvalue weighted by atomic mass is 16.5. The molecule has 33 heavy (non-hydrogen) atoms. The number of ether oxygens (including phenoxy) is 1. The van der Waals surface area contributed by atoms with E-state index >= 15 is 0 Å². The van der Waals surface area contributed by atoms with Crippen molar-refractivity contribution in [1.29, 1.82) is 0 Å². The van der Waals surface area contributed by atoms with Gasteiger partial charge in [0.15, 0.2) is 5.82 Å². The molecule has 8 heteroatoms. The fraction of sp³-hybridized carbons (Fsp3) is 0.320. The number of benzene rings is 1. The van der Waals surface area contributed by atoms with Gasteiger partial charge in [-0.15, -0.1) is 0 Å². The third-order valence-electron chi connectivity index (χ3n) is 5.79. The van der Waals surface area contributed by atoms with E-state index < -0.39 is 0 Å². The average Bonchev–Trinajstić information content (AvgIpc) is 2.87. The van der Waals surface area contributed by atoms with Crippen LogP contribution in [0.2, 0.25) is 0 Å². The van der Waals surface area contributed by atoms with Gasteiger partial charge in [-0.1, -0.05) is 30.3 Å². The van der Waals surface area contributed by atoms with Gasteiger partial charge in [0.25, 0.3) is 11.8 Å². The van der Waals surface area contributed by atoms with Crippen molar-refractivity contribution < 1.29 is 14.3 Å². The van der Waals surface area contributed by atoms with E-state index in [9.17, 15) is 9.59 Å². The molecule has 0 aliphatic carbocycles. The number of piperidine rings is 1. The van der Waals surface area contributed by atoms with Crippen molar-refractivity contribution in [2.24, 2.45) is 0 Å². The van der Waals surface area contributed by atoms with E-state index in [0.717, 1.165) is 24.8 Å². The van der Waals surface area contributed by atoms with E-state index in [0.29, 0.717) is 41.6 Å². The lowest BCUT2D eigenvalue weighted by Crippen LogP contribution is -2.39. The number of pyridine rings is 1. The number of rotatable bonds is 6. The molecule has 170 valence electrons. The minimum Gasteiger partial charge on any atom is -0.481 e. The van der Waals surface area contributed by atoms with Gasteiger partial charge in [-0.2, -0.15) is 0 Å². The van der Waals surface area contributed by atoms with Crippen molar-refractivity contribution in [3.05, 3.63) is 83.1 Å². The van der Waals surface area contributed by atoms with Crippen molar-refractivity contribution >= 4 is 11.8 Å². The molecule has 3 heterocycles. The highest BCUT2D eigenvalue weighted by molar-refractivity contribution is 5.95. The second-order valence-corrected chi connectivity index (χ2v) is 7.99. The molecule has 1 unspecified atom stereocenters. The molecule has 0 bridgehead atoms. The van der Waals surface area contributed by atoms with Gasteiger partial charge in [0.2, 0.25) is 5.88 Å². The monoisotopic (exact) mass is 445 g/mol. The molecule has 1 aliphatic rings. The van der Waals surface area contributed by atoms with Crippen molar-refractivity contribution in [1.82, 2.24) is 25.2 Å². The minimum atomic E-state index is -0.242. The van der Waals surface area contributed by atoms with E-state index in [-0.39, 0.29) is 17.9 Å². The molecule has 0 spiro atoms. The van der Waals surface area contributed by atoms with E-state index in [4.69, 9.17) is 4.74 Å². The van der Waals surface area contributed by atoms with Gasteiger partial charge in [0.1, 0.15) is 0 Å². The second-order valence-electron chi connectivity index (χ2n) is 7.99. The summed E-state index contributed by atoms with van der Waals surface area (Å²) in [5, 5.41) is 2.91. The van der Waals surface area contributed by atoms with Crippen molar-refractivity contribution in [3.63, 3.8) is 0 Å². The van der Waals surface area contributed by atoms with Crippen LogP contribution >= 0.6 is 0 Å². The smallest absolute Gasteiger partial charge is 0.256 e. The summed E-state index contributed by atoms with van der Waals surface area (Å²) in [5.41, 5.74) is 2.54. The van der Waals surface area contributed by atoms with Crippen LogP contribution in [0.4, 0.5) is 0 Å². The molecule has 1 N–H and O–H groups in total. The predicted octanol–water partition coefficient (Wildman–Crippen LogP) is 3.49. The highest BCUT2D eigenvalue weighted by Gasteiger charge is 2.31. The first-order valence-corrected chi connectivity index (χ1v) is 11.0. The Morgan fingerprint density at radius 1 is 1.09 bits per heavy atom. The largest absolute Gasteiger partial charge is 0.481 e. The number of aryl methyl sites for hydroxylation is 1. The lowest BCUT2D eigenvalue weighted by molar-refractivity contribution is 0.0598. The van der Waals surface area contributed by atoms with Crippen LogP contribution in [0.15, 0.2) is 54.9 Å². The number of hydrogen-bond donors (Lipinski definition) is 1. The number of nitrogens with one attached hydrogen (secondary N) is 1. The van der Waals surface area contributed by atoms with E-state index in [1.54, 1.807) is 30.2 Å². The van der Waals surface area contributed by atoms with Gasteiger partial charge in [0.05, 0.1) is 30.0 Å². The van der Waals surface area contributed by atoms with Crippen LogP contribution in [0.3, 0.4) is 0 Å². The molecule has 4 rings (SSSR count). The Bertz CT molecular complexity index is 1120. The summed E-state index contributed by atoms with van der Waals surface area (Å²) in [6.07, 6.45) is 5.76. The topological polar surface area (TPSA) is 97.3 Å². The lowest BCUT2D eigenvalue weighted by atomic mass is 10.00. The Labute approximate surface area is 193 Å². The van der Waals surface area contributed by atoms with Gasteiger partial charge in [-0.3, -0.25) is 9.59 Å². The van der Waals surface area contributed by atoms with Gasteiger partial charge < -0.3 is 15.0 Å². The molecular weight excluding hydrogens is 418 g/mol.